The van der Waals surface area contributed by atoms with E-state index in [9.17, 15) is 14.4 Å². The third-order valence-electron chi connectivity index (χ3n) is 7.02. The maximum Gasteiger partial charge on any atom is 0.228 e. The molecule has 8 heteroatoms. The summed E-state index contributed by atoms with van der Waals surface area (Å²) in [6, 6.07) is 5.29. The van der Waals surface area contributed by atoms with Gasteiger partial charge >= 0.3 is 0 Å². The molecule has 3 aliphatic rings. The summed E-state index contributed by atoms with van der Waals surface area (Å²) < 4.78 is 0. The molecule has 0 bridgehead atoms. The number of hydrogen-bond acceptors (Lipinski definition) is 3. The summed E-state index contributed by atoms with van der Waals surface area (Å²) in [5.41, 5.74) is 6.34. The van der Waals surface area contributed by atoms with E-state index in [4.69, 9.17) is 28.9 Å². The van der Waals surface area contributed by atoms with Gasteiger partial charge in [-0.2, -0.15) is 0 Å². The quantitative estimate of drug-likeness (QED) is 0.762. The number of piperidine rings is 1. The van der Waals surface area contributed by atoms with Gasteiger partial charge in [0.2, 0.25) is 17.7 Å². The minimum absolute atomic E-state index is 0.0496. The Kier molecular flexibility index (Phi) is 5.75. The molecule has 0 spiro atoms. The highest BCUT2D eigenvalue weighted by Gasteiger charge is 2.48. The Morgan fingerprint density at radius 1 is 1.03 bits per heavy atom. The minimum Gasteiger partial charge on any atom is -0.369 e. The van der Waals surface area contributed by atoms with E-state index in [1.54, 1.807) is 17.0 Å². The number of halogens is 2. The van der Waals surface area contributed by atoms with E-state index in [0.717, 1.165) is 18.4 Å². The van der Waals surface area contributed by atoms with Crippen LogP contribution in [0.5, 0.6) is 0 Å². The third-order valence-corrected chi connectivity index (χ3v) is 7.76. The minimum atomic E-state index is -0.456. The highest BCUT2D eigenvalue weighted by atomic mass is 35.5. The van der Waals surface area contributed by atoms with Crippen molar-refractivity contribution in [2.45, 2.75) is 38.5 Å². The van der Waals surface area contributed by atoms with Crippen LogP contribution < -0.4 is 5.73 Å². The monoisotopic (exact) mass is 451 g/mol. The Hall–Kier alpha value is -1.79. The summed E-state index contributed by atoms with van der Waals surface area (Å²) in [6.07, 6.45) is 3.25. The molecule has 2 saturated heterocycles. The SMILES string of the molecule is CC1(C(=O)N2CCC(C(=O)N3C[C@H](C(N)=O)[C@@H](c4ccc(Cl)c(Cl)c4)C3)CC2)CC1. The Morgan fingerprint density at radius 2 is 1.70 bits per heavy atom. The molecule has 0 radical (unpaired) electrons. The molecule has 6 nitrogen and oxygen atoms in total. The zero-order valence-electron chi connectivity index (χ0n) is 17.1. The predicted molar refractivity (Wildman–Crippen MR) is 115 cm³/mol. The van der Waals surface area contributed by atoms with Gasteiger partial charge in [0, 0.05) is 43.4 Å². The molecular formula is C22H27Cl2N3O3. The van der Waals surface area contributed by atoms with Crippen LogP contribution in [-0.2, 0) is 14.4 Å². The third kappa shape index (κ3) is 4.04. The molecule has 1 aromatic rings. The number of nitrogens with two attached hydrogens (primary N) is 1. The van der Waals surface area contributed by atoms with Crippen LogP contribution in [0.3, 0.4) is 0 Å². The van der Waals surface area contributed by atoms with Gasteiger partial charge in [-0.15, -0.1) is 0 Å². The molecule has 4 rings (SSSR count). The van der Waals surface area contributed by atoms with Gasteiger partial charge in [0.05, 0.1) is 16.0 Å². The Balaban J connectivity index is 1.41. The van der Waals surface area contributed by atoms with E-state index in [0.29, 0.717) is 49.1 Å². The maximum absolute atomic E-state index is 13.2. The van der Waals surface area contributed by atoms with Crippen LogP contribution in [0.2, 0.25) is 10.0 Å². The Morgan fingerprint density at radius 3 is 2.27 bits per heavy atom. The smallest absolute Gasteiger partial charge is 0.228 e. The lowest BCUT2D eigenvalue weighted by Crippen LogP contribution is -2.46. The lowest BCUT2D eigenvalue weighted by atomic mass is 9.88. The van der Waals surface area contributed by atoms with E-state index >= 15 is 0 Å². The van der Waals surface area contributed by atoms with Crippen LogP contribution >= 0.6 is 23.2 Å². The molecule has 2 heterocycles. The molecular weight excluding hydrogens is 425 g/mol. The normalized spacial score (nSPS) is 26.0. The molecule has 1 aliphatic carbocycles. The topological polar surface area (TPSA) is 83.7 Å². The molecule has 3 amide bonds. The first kappa shape index (κ1) is 21.4. The molecule has 0 unspecified atom stereocenters. The summed E-state index contributed by atoms with van der Waals surface area (Å²) >= 11 is 12.2. The van der Waals surface area contributed by atoms with Crippen molar-refractivity contribution < 1.29 is 14.4 Å². The summed E-state index contributed by atoms with van der Waals surface area (Å²) in [5.74, 6) is -0.918. The van der Waals surface area contributed by atoms with E-state index in [1.165, 1.54) is 0 Å². The molecule has 1 saturated carbocycles. The van der Waals surface area contributed by atoms with Crippen molar-refractivity contribution in [3.63, 3.8) is 0 Å². The van der Waals surface area contributed by atoms with Crippen molar-refractivity contribution >= 4 is 40.9 Å². The fourth-order valence-electron chi connectivity index (χ4n) is 4.72. The highest BCUT2D eigenvalue weighted by Crippen LogP contribution is 2.47. The number of likely N-dealkylation sites (tertiary alicyclic amines) is 2. The van der Waals surface area contributed by atoms with Crippen molar-refractivity contribution in [1.29, 1.82) is 0 Å². The Labute approximate surface area is 186 Å². The molecule has 3 fully saturated rings. The standard InChI is InChI=1S/C22H27Cl2N3O3/c1-22(6-7-22)21(30)26-8-4-13(5-9-26)20(29)27-11-15(16(12-27)19(25)28)14-2-3-17(23)18(24)10-14/h2-3,10,13,15-16H,4-9,11-12H2,1H3,(H2,25,28)/t15-,16+/m1/s1. The highest BCUT2D eigenvalue weighted by molar-refractivity contribution is 6.42. The number of hydrogen-bond donors (Lipinski definition) is 1. The molecule has 2 aliphatic heterocycles. The van der Waals surface area contributed by atoms with Crippen molar-refractivity contribution in [1.82, 2.24) is 9.80 Å². The second kappa shape index (κ2) is 8.04. The molecule has 30 heavy (non-hydrogen) atoms. The van der Waals surface area contributed by atoms with E-state index in [-0.39, 0.29) is 29.1 Å². The van der Waals surface area contributed by atoms with E-state index in [1.807, 2.05) is 17.9 Å². The second-order valence-corrected chi connectivity index (χ2v) is 9.97. The van der Waals surface area contributed by atoms with E-state index in [2.05, 4.69) is 0 Å². The first-order valence-electron chi connectivity index (χ1n) is 10.5. The molecule has 162 valence electrons. The predicted octanol–water partition coefficient (Wildman–Crippen LogP) is 3.06. The zero-order chi connectivity index (χ0) is 21.6. The molecule has 1 aromatic carbocycles. The summed E-state index contributed by atoms with van der Waals surface area (Å²) in [7, 11) is 0. The number of carbonyl (C=O) groups is 3. The van der Waals surface area contributed by atoms with Gasteiger partial charge in [-0.05, 0) is 43.4 Å². The van der Waals surface area contributed by atoms with Crippen LogP contribution in [-0.4, -0.2) is 53.7 Å². The number of rotatable bonds is 4. The first-order valence-corrected chi connectivity index (χ1v) is 11.3. The molecule has 0 aromatic heterocycles. The van der Waals surface area contributed by atoms with Gasteiger partial charge in [-0.3, -0.25) is 14.4 Å². The number of benzene rings is 1. The number of nitrogens with zero attached hydrogens (tertiary/aromatic N) is 2. The van der Waals surface area contributed by atoms with Crippen molar-refractivity contribution in [2.24, 2.45) is 23.0 Å². The van der Waals surface area contributed by atoms with Gasteiger partial charge < -0.3 is 15.5 Å². The van der Waals surface area contributed by atoms with Gasteiger partial charge in [0.25, 0.3) is 0 Å². The average molecular weight is 452 g/mol. The number of carbonyl (C=O) groups excluding carboxylic acids is 3. The zero-order valence-corrected chi connectivity index (χ0v) is 18.6. The van der Waals surface area contributed by atoms with Gasteiger partial charge in [0.1, 0.15) is 0 Å². The fourth-order valence-corrected chi connectivity index (χ4v) is 5.03. The lowest BCUT2D eigenvalue weighted by molar-refractivity contribution is -0.142. The number of primary amides is 1. The van der Waals surface area contributed by atoms with Crippen molar-refractivity contribution in [3.8, 4) is 0 Å². The van der Waals surface area contributed by atoms with Crippen molar-refractivity contribution in [2.75, 3.05) is 26.2 Å². The van der Waals surface area contributed by atoms with Crippen LogP contribution in [0.25, 0.3) is 0 Å². The van der Waals surface area contributed by atoms with Crippen LogP contribution in [0.15, 0.2) is 18.2 Å². The molecule has 2 atom stereocenters. The van der Waals surface area contributed by atoms with Crippen LogP contribution in [0.1, 0.15) is 44.1 Å². The average Bonchev–Trinajstić information content (AvgIpc) is 3.32. The summed E-state index contributed by atoms with van der Waals surface area (Å²) in [4.78, 5) is 41.5. The van der Waals surface area contributed by atoms with Gasteiger partial charge in [-0.1, -0.05) is 36.2 Å². The van der Waals surface area contributed by atoms with Crippen molar-refractivity contribution in [3.05, 3.63) is 33.8 Å². The fraction of sp³-hybridized carbons (Fsp3) is 0.591. The van der Waals surface area contributed by atoms with Crippen LogP contribution in [0, 0.1) is 17.3 Å². The lowest BCUT2D eigenvalue weighted by Gasteiger charge is -2.34. The summed E-state index contributed by atoms with van der Waals surface area (Å²) in [5, 5.41) is 0.867. The van der Waals surface area contributed by atoms with Gasteiger partial charge in [0.15, 0.2) is 0 Å². The first-order chi connectivity index (χ1) is 14.2. The van der Waals surface area contributed by atoms with Crippen LogP contribution in [0.4, 0.5) is 0 Å². The molecule has 2 N–H and O–H groups in total. The Bertz CT molecular complexity index is 878. The number of amides is 3. The second-order valence-electron chi connectivity index (χ2n) is 9.16. The van der Waals surface area contributed by atoms with Gasteiger partial charge in [-0.25, -0.2) is 0 Å². The van der Waals surface area contributed by atoms with E-state index < -0.39 is 11.8 Å². The largest absolute Gasteiger partial charge is 0.369 e. The maximum atomic E-state index is 13.2. The summed E-state index contributed by atoms with van der Waals surface area (Å²) in [6.45, 7) is 4.00.